The first kappa shape index (κ1) is 12.3. The molecule has 0 bridgehead atoms. The van der Waals surface area contributed by atoms with Gasteiger partial charge in [-0.3, -0.25) is 9.78 Å². The minimum atomic E-state index is -0.496. The average Bonchev–Trinajstić information content (AvgIpc) is 2.84. The van der Waals surface area contributed by atoms with E-state index in [9.17, 15) is 9.18 Å². The Balaban J connectivity index is 2.01. The van der Waals surface area contributed by atoms with Crippen molar-refractivity contribution in [2.24, 2.45) is 0 Å². The molecule has 1 aliphatic heterocycles. The normalized spacial score (nSPS) is 13.5. The molecule has 96 valence electrons. The number of carbonyl (C=O) groups is 1. The molecular formula is C14H10BrFN2O. The van der Waals surface area contributed by atoms with Crippen molar-refractivity contribution in [3.05, 3.63) is 58.1 Å². The highest BCUT2D eigenvalue weighted by Gasteiger charge is 2.28. The first-order chi connectivity index (χ1) is 9.18. The van der Waals surface area contributed by atoms with E-state index in [0.29, 0.717) is 6.54 Å². The summed E-state index contributed by atoms with van der Waals surface area (Å²) in [6.45, 7) is 0.548. The van der Waals surface area contributed by atoms with Crippen LogP contribution in [0.4, 0.5) is 10.1 Å². The SMILES string of the molecule is O=C(c1ccccc1F)N1CCc2c(Br)cncc21. The van der Waals surface area contributed by atoms with Crippen LogP contribution in [0.5, 0.6) is 0 Å². The first-order valence-corrected chi connectivity index (χ1v) is 6.66. The summed E-state index contributed by atoms with van der Waals surface area (Å²) in [7, 11) is 0. The van der Waals surface area contributed by atoms with Crippen LogP contribution in [0.15, 0.2) is 41.1 Å². The molecule has 0 unspecified atom stereocenters. The monoisotopic (exact) mass is 320 g/mol. The second-order valence-corrected chi connectivity index (χ2v) is 5.16. The maximum Gasteiger partial charge on any atom is 0.261 e. The number of hydrogen-bond acceptors (Lipinski definition) is 2. The van der Waals surface area contributed by atoms with Crippen molar-refractivity contribution in [3.8, 4) is 0 Å². The molecule has 19 heavy (non-hydrogen) atoms. The molecule has 0 aliphatic carbocycles. The Morgan fingerprint density at radius 2 is 2.11 bits per heavy atom. The summed E-state index contributed by atoms with van der Waals surface area (Å²) in [5.74, 6) is -0.819. The van der Waals surface area contributed by atoms with Crippen LogP contribution < -0.4 is 4.90 Å². The van der Waals surface area contributed by atoms with Crippen LogP contribution in [0.1, 0.15) is 15.9 Å². The molecule has 2 heterocycles. The third-order valence-electron chi connectivity index (χ3n) is 3.21. The van der Waals surface area contributed by atoms with Gasteiger partial charge in [0.25, 0.3) is 5.91 Å². The average molecular weight is 321 g/mol. The molecule has 0 atom stereocenters. The number of nitrogens with zero attached hydrogens (tertiary/aromatic N) is 2. The highest BCUT2D eigenvalue weighted by Crippen LogP contribution is 2.33. The molecular weight excluding hydrogens is 311 g/mol. The number of pyridine rings is 1. The standard InChI is InChI=1S/C14H10BrFN2O/c15-11-7-17-8-13-9(11)5-6-18(13)14(19)10-3-1-2-4-12(10)16/h1-4,7-8H,5-6H2. The van der Waals surface area contributed by atoms with Crippen molar-refractivity contribution < 1.29 is 9.18 Å². The third-order valence-corrected chi connectivity index (χ3v) is 3.89. The van der Waals surface area contributed by atoms with E-state index in [1.807, 2.05) is 0 Å². The fraction of sp³-hybridized carbons (Fsp3) is 0.143. The van der Waals surface area contributed by atoms with Crippen LogP contribution in [0, 0.1) is 5.82 Å². The van der Waals surface area contributed by atoms with E-state index in [2.05, 4.69) is 20.9 Å². The minimum absolute atomic E-state index is 0.0929. The first-order valence-electron chi connectivity index (χ1n) is 5.87. The molecule has 0 spiro atoms. The zero-order chi connectivity index (χ0) is 13.4. The van der Waals surface area contributed by atoms with Crippen LogP contribution in [0.25, 0.3) is 0 Å². The van der Waals surface area contributed by atoms with Gasteiger partial charge in [0.2, 0.25) is 0 Å². The highest BCUT2D eigenvalue weighted by molar-refractivity contribution is 9.10. The van der Waals surface area contributed by atoms with Crippen molar-refractivity contribution in [1.82, 2.24) is 4.98 Å². The summed E-state index contributed by atoms with van der Waals surface area (Å²) in [6, 6.07) is 6.03. The molecule has 0 saturated carbocycles. The summed E-state index contributed by atoms with van der Waals surface area (Å²) in [4.78, 5) is 18.0. The number of benzene rings is 1. The predicted octanol–water partition coefficient (Wildman–Crippen LogP) is 3.19. The van der Waals surface area contributed by atoms with Crippen LogP contribution in [-0.4, -0.2) is 17.4 Å². The highest BCUT2D eigenvalue weighted by atomic mass is 79.9. The van der Waals surface area contributed by atoms with Gasteiger partial charge in [-0.2, -0.15) is 0 Å². The van der Waals surface area contributed by atoms with Crippen molar-refractivity contribution >= 4 is 27.5 Å². The Kier molecular flexibility index (Phi) is 3.06. The Hall–Kier alpha value is -1.75. The van der Waals surface area contributed by atoms with Gasteiger partial charge in [-0.1, -0.05) is 12.1 Å². The quantitative estimate of drug-likeness (QED) is 0.808. The molecule has 1 aliphatic rings. The molecule has 5 heteroatoms. The summed E-state index contributed by atoms with van der Waals surface area (Å²) in [5, 5.41) is 0. The maximum absolute atomic E-state index is 13.7. The van der Waals surface area contributed by atoms with Gasteiger partial charge in [-0.05, 0) is 40.0 Å². The Bertz CT molecular complexity index is 660. The van der Waals surface area contributed by atoms with Crippen LogP contribution in [0.2, 0.25) is 0 Å². The third kappa shape index (κ3) is 2.04. The second kappa shape index (κ2) is 4.74. The number of rotatable bonds is 1. The van der Waals surface area contributed by atoms with Gasteiger partial charge >= 0.3 is 0 Å². The van der Waals surface area contributed by atoms with E-state index in [-0.39, 0.29) is 11.5 Å². The Morgan fingerprint density at radius 3 is 2.89 bits per heavy atom. The lowest BCUT2D eigenvalue weighted by Crippen LogP contribution is -2.29. The number of anilines is 1. The smallest absolute Gasteiger partial charge is 0.261 e. The number of amides is 1. The maximum atomic E-state index is 13.7. The lowest BCUT2D eigenvalue weighted by Gasteiger charge is -2.17. The zero-order valence-electron chi connectivity index (χ0n) is 9.94. The van der Waals surface area contributed by atoms with Gasteiger partial charge in [0.05, 0.1) is 17.4 Å². The topological polar surface area (TPSA) is 33.2 Å². The second-order valence-electron chi connectivity index (χ2n) is 4.31. The fourth-order valence-electron chi connectivity index (χ4n) is 2.27. The van der Waals surface area contributed by atoms with E-state index in [1.165, 1.54) is 12.1 Å². The number of halogens is 2. The molecule has 0 radical (unpaired) electrons. The summed E-state index contributed by atoms with van der Waals surface area (Å²) in [5.41, 5.74) is 1.89. The summed E-state index contributed by atoms with van der Waals surface area (Å²) < 4.78 is 14.6. The predicted molar refractivity (Wildman–Crippen MR) is 73.7 cm³/mol. The van der Waals surface area contributed by atoms with Crippen LogP contribution in [-0.2, 0) is 6.42 Å². The molecule has 1 aromatic carbocycles. The van der Waals surface area contributed by atoms with Gasteiger partial charge in [0.1, 0.15) is 5.82 Å². The van der Waals surface area contributed by atoms with Crippen molar-refractivity contribution in [1.29, 1.82) is 0 Å². The molecule has 1 amide bonds. The van der Waals surface area contributed by atoms with Gasteiger partial charge in [0.15, 0.2) is 0 Å². The van der Waals surface area contributed by atoms with E-state index < -0.39 is 5.82 Å². The number of hydrogen-bond donors (Lipinski definition) is 0. The summed E-state index contributed by atoms with van der Waals surface area (Å²) in [6.07, 6.45) is 4.10. The largest absolute Gasteiger partial charge is 0.306 e. The van der Waals surface area contributed by atoms with Gasteiger partial charge < -0.3 is 4.90 Å². The molecule has 0 saturated heterocycles. The van der Waals surface area contributed by atoms with E-state index in [4.69, 9.17) is 0 Å². The minimum Gasteiger partial charge on any atom is -0.306 e. The van der Waals surface area contributed by atoms with E-state index in [0.717, 1.165) is 22.1 Å². The molecule has 0 fully saturated rings. The lowest BCUT2D eigenvalue weighted by atomic mass is 10.2. The molecule has 2 aromatic rings. The van der Waals surface area contributed by atoms with Crippen LogP contribution >= 0.6 is 15.9 Å². The molecule has 1 aromatic heterocycles. The van der Waals surface area contributed by atoms with E-state index >= 15 is 0 Å². The molecule has 0 N–H and O–H groups in total. The molecule has 3 rings (SSSR count). The Labute approximate surface area is 118 Å². The van der Waals surface area contributed by atoms with E-state index in [1.54, 1.807) is 29.4 Å². The van der Waals surface area contributed by atoms with Crippen molar-refractivity contribution in [3.63, 3.8) is 0 Å². The van der Waals surface area contributed by atoms with Crippen molar-refractivity contribution in [2.75, 3.05) is 11.4 Å². The van der Waals surface area contributed by atoms with Gasteiger partial charge in [-0.25, -0.2) is 4.39 Å². The lowest BCUT2D eigenvalue weighted by molar-refractivity contribution is 0.0985. The zero-order valence-corrected chi connectivity index (χ0v) is 11.5. The summed E-state index contributed by atoms with van der Waals surface area (Å²) >= 11 is 3.42. The van der Waals surface area contributed by atoms with Gasteiger partial charge in [0, 0.05) is 17.2 Å². The fourth-order valence-corrected chi connectivity index (χ4v) is 2.79. The number of aromatic nitrogens is 1. The number of carbonyl (C=O) groups excluding carboxylic acids is 1. The number of fused-ring (bicyclic) bond motifs is 1. The molecule has 3 nitrogen and oxygen atoms in total. The van der Waals surface area contributed by atoms with Crippen molar-refractivity contribution in [2.45, 2.75) is 6.42 Å². The van der Waals surface area contributed by atoms with Crippen LogP contribution in [0.3, 0.4) is 0 Å². The Morgan fingerprint density at radius 1 is 1.32 bits per heavy atom. The van der Waals surface area contributed by atoms with Gasteiger partial charge in [-0.15, -0.1) is 0 Å².